The summed E-state index contributed by atoms with van der Waals surface area (Å²) < 4.78 is 0.990. The van der Waals surface area contributed by atoms with Gasteiger partial charge in [-0.05, 0) is 24.3 Å². The lowest BCUT2D eigenvalue weighted by molar-refractivity contribution is 0.318. The first kappa shape index (κ1) is 13.4. The number of halogens is 1. The van der Waals surface area contributed by atoms with Crippen molar-refractivity contribution in [2.45, 2.75) is 6.42 Å². The molecule has 2 rings (SSSR count). The Labute approximate surface area is 120 Å². The van der Waals surface area contributed by atoms with Gasteiger partial charge in [-0.15, -0.1) is 0 Å². The van der Waals surface area contributed by atoms with Crippen LogP contribution in [0.15, 0.2) is 64.2 Å². The fourth-order valence-electron chi connectivity index (χ4n) is 1.59. The highest BCUT2D eigenvalue weighted by molar-refractivity contribution is 9.10. The molecule has 0 atom stereocenters. The largest absolute Gasteiger partial charge is 0.411 e. The quantitative estimate of drug-likeness (QED) is 0.385. The summed E-state index contributed by atoms with van der Waals surface area (Å²) in [5.41, 5.74) is 2.39. The van der Waals surface area contributed by atoms with Crippen LogP contribution in [0.4, 0.5) is 0 Å². The summed E-state index contributed by atoms with van der Waals surface area (Å²) in [5, 5.41) is 12.4. The second-order valence-corrected chi connectivity index (χ2v) is 4.81. The minimum Gasteiger partial charge on any atom is -0.411 e. The molecule has 2 aromatic carbocycles. The van der Waals surface area contributed by atoms with E-state index in [9.17, 15) is 0 Å². The SMILES string of the molecule is O/N=C(\CC#Cc1ccccc1)c1ccc(Br)cc1. The third-order valence-corrected chi connectivity index (χ3v) is 3.09. The first-order chi connectivity index (χ1) is 9.29. The van der Waals surface area contributed by atoms with Gasteiger partial charge in [0.2, 0.25) is 0 Å². The first-order valence-electron chi connectivity index (χ1n) is 5.80. The highest BCUT2D eigenvalue weighted by Gasteiger charge is 2.02. The molecule has 3 heteroatoms. The van der Waals surface area contributed by atoms with Gasteiger partial charge < -0.3 is 5.21 Å². The highest BCUT2D eigenvalue weighted by atomic mass is 79.9. The fourth-order valence-corrected chi connectivity index (χ4v) is 1.85. The van der Waals surface area contributed by atoms with Gasteiger partial charge in [-0.1, -0.05) is 63.3 Å². The van der Waals surface area contributed by atoms with Crippen LogP contribution < -0.4 is 0 Å². The zero-order chi connectivity index (χ0) is 13.5. The van der Waals surface area contributed by atoms with E-state index in [4.69, 9.17) is 5.21 Å². The molecule has 2 nitrogen and oxygen atoms in total. The molecular weight excluding hydrogens is 302 g/mol. The molecule has 0 aliphatic carbocycles. The molecule has 0 aliphatic rings. The molecule has 0 saturated heterocycles. The van der Waals surface area contributed by atoms with Crippen LogP contribution in [0.3, 0.4) is 0 Å². The molecule has 0 spiro atoms. The standard InChI is InChI=1S/C16H12BrNO/c17-15-11-9-14(10-12-15)16(18-19)8-4-7-13-5-2-1-3-6-13/h1-3,5-6,9-12,19H,8H2/b18-16+. The van der Waals surface area contributed by atoms with Crippen molar-refractivity contribution in [3.8, 4) is 11.8 Å². The Morgan fingerprint density at radius 2 is 1.74 bits per heavy atom. The van der Waals surface area contributed by atoms with Crippen LogP contribution in [0.2, 0.25) is 0 Å². The molecule has 0 bridgehead atoms. The Balaban J connectivity index is 2.09. The number of nitrogens with zero attached hydrogens (tertiary/aromatic N) is 1. The van der Waals surface area contributed by atoms with Gasteiger partial charge in [0, 0.05) is 15.6 Å². The zero-order valence-corrected chi connectivity index (χ0v) is 11.8. The Morgan fingerprint density at radius 1 is 1.05 bits per heavy atom. The molecule has 0 heterocycles. The van der Waals surface area contributed by atoms with Crippen molar-refractivity contribution in [1.82, 2.24) is 0 Å². The molecule has 1 N–H and O–H groups in total. The van der Waals surface area contributed by atoms with Crippen molar-refractivity contribution in [3.05, 3.63) is 70.2 Å². The molecule has 0 aliphatic heterocycles. The van der Waals surface area contributed by atoms with E-state index >= 15 is 0 Å². The van der Waals surface area contributed by atoms with Gasteiger partial charge >= 0.3 is 0 Å². The minimum absolute atomic E-state index is 0.410. The second-order valence-electron chi connectivity index (χ2n) is 3.90. The summed E-state index contributed by atoms with van der Waals surface area (Å²) in [4.78, 5) is 0. The van der Waals surface area contributed by atoms with Crippen molar-refractivity contribution in [2.75, 3.05) is 0 Å². The minimum atomic E-state index is 0.410. The fraction of sp³-hybridized carbons (Fsp3) is 0.0625. The second kappa shape index (κ2) is 6.77. The maximum Gasteiger partial charge on any atom is 0.0986 e. The third kappa shape index (κ3) is 3.97. The predicted molar refractivity (Wildman–Crippen MR) is 80.4 cm³/mol. The lowest BCUT2D eigenvalue weighted by Gasteiger charge is -2.00. The zero-order valence-electron chi connectivity index (χ0n) is 10.2. The summed E-state index contributed by atoms with van der Waals surface area (Å²) in [6.45, 7) is 0. The summed E-state index contributed by atoms with van der Waals surface area (Å²) >= 11 is 3.37. The van der Waals surface area contributed by atoms with E-state index in [0.717, 1.165) is 15.6 Å². The van der Waals surface area contributed by atoms with E-state index in [2.05, 4.69) is 32.9 Å². The molecule has 0 radical (unpaired) electrons. The van der Waals surface area contributed by atoms with Crippen LogP contribution in [0.5, 0.6) is 0 Å². The van der Waals surface area contributed by atoms with E-state index in [1.807, 2.05) is 54.6 Å². The topological polar surface area (TPSA) is 32.6 Å². The molecule has 0 amide bonds. The third-order valence-electron chi connectivity index (χ3n) is 2.56. The number of rotatable bonds is 2. The molecular formula is C16H12BrNO. The van der Waals surface area contributed by atoms with Gasteiger partial charge in [-0.3, -0.25) is 0 Å². The molecule has 19 heavy (non-hydrogen) atoms. The van der Waals surface area contributed by atoms with Crippen LogP contribution in [0.1, 0.15) is 17.5 Å². The smallest absolute Gasteiger partial charge is 0.0986 e. The Morgan fingerprint density at radius 3 is 2.37 bits per heavy atom. The van der Waals surface area contributed by atoms with Gasteiger partial charge in [-0.2, -0.15) is 0 Å². The average Bonchev–Trinajstić information content (AvgIpc) is 2.46. The molecule has 2 aromatic rings. The maximum absolute atomic E-state index is 9.05. The van der Waals surface area contributed by atoms with E-state index in [-0.39, 0.29) is 0 Å². The van der Waals surface area contributed by atoms with E-state index in [1.54, 1.807) is 0 Å². The molecule has 94 valence electrons. The van der Waals surface area contributed by atoms with E-state index < -0.39 is 0 Å². The summed E-state index contributed by atoms with van der Waals surface area (Å²) in [6.07, 6.45) is 0.410. The lowest BCUT2D eigenvalue weighted by Crippen LogP contribution is -1.99. The predicted octanol–water partition coefficient (Wildman–Crippen LogP) is 4.07. The van der Waals surface area contributed by atoms with Crippen molar-refractivity contribution in [1.29, 1.82) is 0 Å². The summed E-state index contributed by atoms with van der Waals surface area (Å²) in [5.74, 6) is 6.05. The number of hydrogen-bond donors (Lipinski definition) is 1. The average molecular weight is 314 g/mol. The van der Waals surface area contributed by atoms with Crippen LogP contribution in [0, 0.1) is 11.8 Å². The molecule has 0 saturated carbocycles. The normalized spacial score (nSPS) is 10.7. The van der Waals surface area contributed by atoms with Crippen LogP contribution >= 0.6 is 15.9 Å². The number of benzene rings is 2. The summed E-state index contributed by atoms with van der Waals surface area (Å²) in [6, 6.07) is 17.3. The number of oxime groups is 1. The van der Waals surface area contributed by atoms with Crippen LogP contribution in [-0.4, -0.2) is 10.9 Å². The number of hydrogen-bond acceptors (Lipinski definition) is 2. The van der Waals surface area contributed by atoms with Crippen molar-refractivity contribution < 1.29 is 5.21 Å². The molecule has 0 unspecified atom stereocenters. The van der Waals surface area contributed by atoms with Crippen molar-refractivity contribution in [3.63, 3.8) is 0 Å². The summed E-state index contributed by atoms with van der Waals surface area (Å²) in [7, 11) is 0. The first-order valence-corrected chi connectivity index (χ1v) is 6.59. The van der Waals surface area contributed by atoms with Gasteiger partial charge in [0.05, 0.1) is 12.1 Å². The Kier molecular flexibility index (Phi) is 4.77. The Bertz CT molecular complexity index is 621. The van der Waals surface area contributed by atoms with E-state index in [0.29, 0.717) is 12.1 Å². The molecule has 0 aromatic heterocycles. The van der Waals surface area contributed by atoms with Crippen LogP contribution in [0.25, 0.3) is 0 Å². The van der Waals surface area contributed by atoms with Gasteiger partial charge in [-0.25, -0.2) is 0 Å². The van der Waals surface area contributed by atoms with Crippen molar-refractivity contribution in [2.24, 2.45) is 5.16 Å². The maximum atomic E-state index is 9.05. The van der Waals surface area contributed by atoms with Crippen molar-refractivity contribution >= 4 is 21.6 Å². The van der Waals surface area contributed by atoms with Gasteiger partial charge in [0.25, 0.3) is 0 Å². The van der Waals surface area contributed by atoms with E-state index in [1.165, 1.54) is 0 Å². The lowest BCUT2D eigenvalue weighted by atomic mass is 10.1. The van der Waals surface area contributed by atoms with Gasteiger partial charge in [0.15, 0.2) is 0 Å². The van der Waals surface area contributed by atoms with Crippen LogP contribution in [-0.2, 0) is 0 Å². The van der Waals surface area contributed by atoms with Gasteiger partial charge in [0.1, 0.15) is 0 Å². The Hall–Kier alpha value is -2.05. The molecule has 0 fully saturated rings. The highest BCUT2D eigenvalue weighted by Crippen LogP contribution is 2.12. The monoisotopic (exact) mass is 313 g/mol.